The van der Waals surface area contributed by atoms with E-state index in [1.54, 1.807) is 0 Å². The van der Waals surface area contributed by atoms with E-state index >= 15 is 0 Å². The monoisotopic (exact) mass is 439 g/mol. The number of oxime groups is 1. The van der Waals surface area contributed by atoms with Crippen molar-refractivity contribution in [3.05, 3.63) is 47.4 Å². The highest BCUT2D eigenvalue weighted by Gasteiger charge is 2.15. The highest BCUT2D eigenvalue weighted by molar-refractivity contribution is 6.69. The molecule has 1 aromatic heterocycles. The average molecular weight is 440 g/mol. The zero-order chi connectivity index (χ0) is 30.6. The average Bonchev–Trinajstić information content (AvgIpc) is 2.80. The van der Waals surface area contributed by atoms with Gasteiger partial charge in [0.05, 0.1) is 5.56 Å². The second kappa shape index (κ2) is 13.5. The summed E-state index contributed by atoms with van der Waals surface area (Å²) in [6.07, 6.45) is -8.74. The molecule has 11 heteroatoms. The maximum absolute atomic E-state index is 11.2. The number of aliphatic carboxylic acids is 2. The Morgan fingerprint density at radius 1 is 1.34 bits per heavy atom. The number of piperidine rings is 1. The molecule has 1 aliphatic heterocycles. The van der Waals surface area contributed by atoms with Gasteiger partial charge in [-0.1, -0.05) is 23.1 Å². The van der Waals surface area contributed by atoms with Crippen molar-refractivity contribution in [2.45, 2.75) is 25.2 Å². The lowest BCUT2D eigenvalue weighted by molar-refractivity contribution is -0.605. The van der Waals surface area contributed by atoms with E-state index in [1.165, 1.54) is 18.3 Å². The number of aliphatic hydroxyl groups excluding tert-OH is 1. The molecule has 0 amide bonds. The Morgan fingerprint density at radius 2 is 1.97 bits per heavy atom. The third-order valence-corrected chi connectivity index (χ3v) is 2.98. The van der Waals surface area contributed by atoms with Crippen LogP contribution in [0.25, 0.3) is 0 Å². The highest BCUT2D eigenvalue weighted by atomic mass is 35.5. The van der Waals surface area contributed by atoms with Gasteiger partial charge < -0.3 is 30.3 Å². The number of likely N-dealkylation sites (tertiary alicyclic amines) is 1. The molecule has 0 bridgehead atoms. The number of hydrogen-bond donors (Lipinski definition) is 3. The Kier molecular flexibility index (Phi) is 5.94. The Bertz CT molecular complexity index is 1070. The molecule has 0 aromatic carbocycles. The lowest BCUT2D eigenvalue weighted by Gasteiger charge is -2.27. The summed E-state index contributed by atoms with van der Waals surface area (Å²) in [6.45, 7) is -8.28. The topological polar surface area (TPSA) is 147 Å². The SMILES string of the molecule is O=C(O)/C=C\C(=O)O.[2H]C1([2H])N(C[C@H](O)CO/N=C(\Cl)c2ccc[n+]([O-])c2)C([2H])([2H])C([2H])([2H])C([2H])([2H])C1([2H])[2H]. The quantitative estimate of drug-likeness (QED) is 0.177. The first-order valence-electron chi connectivity index (χ1n) is 12.7. The molecule has 2 heterocycles. The molecule has 0 saturated carbocycles. The molecule has 1 aromatic rings. The summed E-state index contributed by atoms with van der Waals surface area (Å²) in [6, 6.07) is 2.85. The van der Waals surface area contributed by atoms with E-state index in [2.05, 4.69) is 5.16 Å². The number of aliphatic hydroxyl groups is 1. The van der Waals surface area contributed by atoms with Gasteiger partial charge in [0, 0.05) is 38.5 Å². The van der Waals surface area contributed by atoms with Crippen LogP contribution in [0.4, 0.5) is 0 Å². The minimum Gasteiger partial charge on any atom is -0.619 e. The molecule has 10 nitrogen and oxygen atoms in total. The molecule has 1 atom stereocenters. The molecule has 29 heavy (non-hydrogen) atoms. The number of halogens is 1. The van der Waals surface area contributed by atoms with Crippen LogP contribution < -0.4 is 4.73 Å². The molecule has 1 saturated heterocycles. The van der Waals surface area contributed by atoms with Crippen LogP contribution in [-0.4, -0.2) is 69.6 Å². The lowest BCUT2D eigenvalue weighted by Crippen LogP contribution is -2.38. The van der Waals surface area contributed by atoms with Gasteiger partial charge in [-0.3, -0.25) is 0 Å². The number of nitrogens with zero attached hydrogens (tertiary/aromatic N) is 3. The minimum atomic E-state index is -3.53. The van der Waals surface area contributed by atoms with Gasteiger partial charge in [0.25, 0.3) is 0 Å². The smallest absolute Gasteiger partial charge is 0.328 e. The molecular weight excluding hydrogens is 406 g/mol. The van der Waals surface area contributed by atoms with Gasteiger partial charge >= 0.3 is 11.9 Å². The molecule has 0 aliphatic carbocycles. The summed E-state index contributed by atoms with van der Waals surface area (Å²) in [5.41, 5.74) is 0.195. The Morgan fingerprint density at radius 3 is 2.52 bits per heavy atom. The maximum atomic E-state index is 11.2. The summed E-state index contributed by atoms with van der Waals surface area (Å²) >= 11 is 5.87. The van der Waals surface area contributed by atoms with Crippen molar-refractivity contribution in [2.24, 2.45) is 5.16 Å². The fraction of sp³-hybridized carbons (Fsp3) is 0.444. The van der Waals surface area contributed by atoms with Crippen LogP contribution in [0.5, 0.6) is 0 Å². The molecule has 0 radical (unpaired) electrons. The van der Waals surface area contributed by atoms with Gasteiger partial charge in [0.15, 0.2) is 17.6 Å². The zero-order valence-corrected chi connectivity index (χ0v) is 15.4. The first-order valence-corrected chi connectivity index (χ1v) is 8.06. The van der Waals surface area contributed by atoms with Crippen molar-refractivity contribution in [1.29, 1.82) is 0 Å². The van der Waals surface area contributed by atoms with Gasteiger partial charge in [0.2, 0.25) is 0 Å². The van der Waals surface area contributed by atoms with Gasteiger partial charge in [0.1, 0.15) is 12.7 Å². The fourth-order valence-corrected chi connectivity index (χ4v) is 1.72. The highest BCUT2D eigenvalue weighted by Crippen LogP contribution is 2.09. The third-order valence-electron chi connectivity index (χ3n) is 2.69. The van der Waals surface area contributed by atoms with Gasteiger partial charge in [-0.05, 0) is 31.8 Å². The standard InChI is InChI=1S/C14H20ClN3O3.C4H4O4/c15-14(12-5-4-8-18(20)9-12)16-21-11-13(19)10-17-6-2-1-3-7-17;5-3(6)1-2-4(7)8/h4-5,8-9,13,19H,1-3,6-7,10-11H2;1-2H,(H,5,6)(H,7,8)/b16-14-;2-1-/t13-;/m0./s1/i1D2,2D2,3D2,6D2,7D2;. The van der Waals surface area contributed by atoms with E-state index in [1.807, 2.05) is 0 Å². The van der Waals surface area contributed by atoms with Crippen LogP contribution in [0, 0.1) is 5.21 Å². The normalized spacial score (nSPS) is 29.8. The van der Waals surface area contributed by atoms with Crippen molar-refractivity contribution < 1.29 is 48.2 Å². The maximum Gasteiger partial charge on any atom is 0.328 e. The second-order valence-corrected chi connectivity index (χ2v) is 5.36. The minimum absolute atomic E-state index is 0.0955. The summed E-state index contributed by atoms with van der Waals surface area (Å²) in [4.78, 5) is 24.0. The van der Waals surface area contributed by atoms with Gasteiger partial charge in [-0.25, -0.2) is 9.59 Å². The van der Waals surface area contributed by atoms with Crippen molar-refractivity contribution in [3.63, 3.8) is 0 Å². The largest absolute Gasteiger partial charge is 0.619 e. The molecule has 3 N–H and O–H groups in total. The molecule has 2 rings (SSSR count). The number of hydrogen-bond acceptors (Lipinski definition) is 7. The van der Waals surface area contributed by atoms with Gasteiger partial charge in [-0.2, -0.15) is 4.73 Å². The first kappa shape index (κ1) is 12.8. The number of carboxylic acids is 2. The Labute approximate surface area is 186 Å². The molecule has 160 valence electrons. The molecule has 0 unspecified atom stereocenters. The number of aromatic nitrogens is 1. The summed E-state index contributed by atoms with van der Waals surface area (Å²) in [5, 5.41) is 40.2. The number of pyridine rings is 1. The zero-order valence-electron chi connectivity index (χ0n) is 24.6. The van der Waals surface area contributed by atoms with Crippen LogP contribution in [0.3, 0.4) is 0 Å². The number of rotatable bonds is 8. The van der Waals surface area contributed by atoms with Crippen LogP contribution in [-0.2, 0) is 14.4 Å². The summed E-state index contributed by atoms with van der Waals surface area (Å²) < 4.78 is 79.2. The molecule has 1 aliphatic rings. The number of carboxylic acid groups (broad SMARTS) is 2. The number of carbonyl (C=O) groups is 2. The Hall–Kier alpha value is -2.69. The van der Waals surface area contributed by atoms with Crippen molar-refractivity contribution in [3.8, 4) is 0 Å². The molecule has 0 spiro atoms. The third kappa shape index (κ3) is 11.7. The van der Waals surface area contributed by atoms with Crippen LogP contribution in [0.1, 0.15) is 38.4 Å². The molecular formula is C18H24ClN3O7. The summed E-state index contributed by atoms with van der Waals surface area (Å²) in [5.74, 6) is -2.51. The predicted molar refractivity (Wildman–Crippen MR) is 104 cm³/mol. The van der Waals surface area contributed by atoms with Crippen molar-refractivity contribution in [2.75, 3.05) is 26.1 Å². The van der Waals surface area contributed by atoms with Gasteiger partial charge in [-0.15, -0.1) is 0 Å². The van der Waals surface area contributed by atoms with Crippen molar-refractivity contribution >= 4 is 28.7 Å². The van der Waals surface area contributed by atoms with Crippen LogP contribution in [0.2, 0.25) is 0 Å². The van der Waals surface area contributed by atoms with E-state index in [9.17, 15) is 19.9 Å². The fourth-order valence-electron chi connectivity index (χ4n) is 1.56. The van der Waals surface area contributed by atoms with E-state index < -0.39 is 63.3 Å². The second-order valence-electron chi connectivity index (χ2n) is 5.00. The van der Waals surface area contributed by atoms with Crippen molar-refractivity contribution in [1.82, 2.24) is 4.90 Å². The van der Waals surface area contributed by atoms with E-state index in [-0.39, 0.29) is 15.6 Å². The van der Waals surface area contributed by atoms with E-state index in [0.29, 0.717) is 16.9 Å². The first-order chi connectivity index (χ1) is 17.5. The Balaban J connectivity index is 0.000000824. The lowest BCUT2D eigenvalue weighted by atomic mass is 10.1. The predicted octanol–water partition coefficient (Wildman–Crippen LogP) is 0.796. The number of β-amino-alcohol motifs (C(OH)–C–C–N with tert-alkyl or cyclic N) is 1. The van der Waals surface area contributed by atoms with E-state index in [0.717, 1.165) is 6.20 Å². The van der Waals surface area contributed by atoms with Crippen LogP contribution in [0.15, 0.2) is 41.8 Å². The van der Waals surface area contributed by atoms with Crippen LogP contribution >= 0.6 is 11.6 Å². The van der Waals surface area contributed by atoms with E-state index in [4.69, 9.17) is 40.4 Å². The summed E-state index contributed by atoms with van der Waals surface area (Å²) in [7, 11) is 0. The molecule has 1 fully saturated rings.